The van der Waals surface area contributed by atoms with E-state index in [9.17, 15) is 9.90 Å². The zero-order valence-electron chi connectivity index (χ0n) is 14.7. The van der Waals surface area contributed by atoms with Gasteiger partial charge in [0.2, 0.25) is 0 Å². The molecule has 25 heavy (non-hydrogen) atoms. The number of rotatable bonds is 3. The van der Waals surface area contributed by atoms with Gasteiger partial charge in [-0.25, -0.2) is 4.79 Å². The molecule has 0 radical (unpaired) electrons. The van der Waals surface area contributed by atoms with E-state index in [2.05, 4.69) is 36.1 Å². The van der Waals surface area contributed by atoms with E-state index in [1.54, 1.807) is 0 Å². The summed E-state index contributed by atoms with van der Waals surface area (Å²) < 4.78 is 0. The maximum atomic E-state index is 11.8. The van der Waals surface area contributed by atoms with Gasteiger partial charge in [0.05, 0.1) is 5.56 Å². The van der Waals surface area contributed by atoms with E-state index in [0.717, 1.165) is 19.4 Å². The van der Waals surface area contributed by atoms with Crippen LogP contribution >= 0.6 is 0 Å². The predicted molar refractivity (Wildman–Crippen MR) is 99.4 cm³/mol. The quantitative estimate of drug-likeness (QED) is 0.814. The van der Waals surface area contributed by atoms with Crippen LogP contribution < -0.4 is 4.90 Å². The predicted octanol–water partition coefficient (Wildman–Crippen LogP) is 4.71. The summed E-state index contributed by atoms with van der Waals surface area (Å²) in [5.41, 5.74) is 4.35. The summed E-state index contributed by atoms with van der Waals surface area (Å²) in [6.07, 6.45) is 13.9. The van der Waals surface area contributed by atoms with Gasteiger partial charge in [-0.15, -0.1) is 0 Å². The molecule has 2 heterocycles. The topological polar surface area (TPSA) is 40.5 Å². The summed E-state index contributed by atoms with van der Waals surface area (Å²) in [5.74, 6) is 1.20. The van der Waals surface area contributed by atoms with Gasteiger partial charge >= 0.3 is 5.97 Å². The van der Waals surface area contributed by atoms with Crippen LogP contribution in [0.1, 0.15) is 65.9 Å². The van der Waals surface area contributed by atoms with E-state index >= 15 is 0 Å². The Balaban J connectivity index is 1.74. The average Bonchev–Trinajstić information content (AvgIpc) is 3.26. The zero-order valence-corrected chi connectivity index (χ0v) is 14.7. The lowest BCUT2D eigenvalue weighted by Gasteiger charge is -2.51. The minimum Gasteiger partial charge on any atom is -0.478 e. The van der Waals surface area contributed by atoms with Crippen LogP contribution in [0, 0.1) is 11.8 Å². The molecular formula is C22H25NO2. The fourth-order valence-electron chi connectivity index (χ4n) is 5.84. The molecule has 5 unspecified atom stereocenters. The third-order valence-electron chi connectivity index (χ3n) is 6.83. The van der Waals surface area contributed by atoms with Crippen molar-refractivity contribution in [2.75, 3.05) is 11.4 Å². The molecule has 2 aliphatic carbocycles. The van der Waals surface area contributed by atoms with Gasteiger partial charge in [0.15, 0.2) is 0 Å². The number of nitrogens with zero attached hydrogens (tertiary/aromatic N) is 1. The molecule has 1 N–H and O–H groups in total. The van der Waals surface area contributed by atoms with Gasteiger partial charge in [-0.05, 0) is 54.4 Å². The molecule has 3 heteroatoms. The van der Waals surface area contributed by atoms with Gasteiger partial charge in [0, 0.05) is 30.1 Å². The molecule has 4 aliphatic rings. The maximum absolute atomic E-state index is 11.8. The van der Waals surface area contributed by atoms with Gasteiger partial charge in [-0.3, -0.25) is 0 Å². The number of carboxylic acid groups (broad SMARTS) is 1. The Morgan fingerprint density at radius 2 is 1.88 bits per heavy atom. The number of carboxylic acids is 1. The van der Waals surface area contributed by atoms with Crippen molar-refractivity contribution in [1.29, 1.82) is 0 Å². The highest BCUT2D eigenvalue weighted by Gasteiger charge is 2.47. The van der Waals surface area contributed by atoms with Crippen LogP contribution in [0.3, 0.4) is 0 Å². The van der Waals surface area contributed by atoms with Gasteiger partial charge in [-0.1, -0.05) is 37.6 Å². The number of fused-ring (bicyclic) bond motifs is 4. The first-order valence-electron chi connectivity index (χ1n) is 9.70. The van der Waals surface area contributed by atoms with Crippen LogP contribution in [0.15, 0.2) is 36.4 Å². The number of carbonyl (C=O) groups is 1. The SMILES string of the molecule is CCCC1C2CC=CC2c2cc(C(=O)O)cc3c2N1CC1CC=CC31. The molecular weight excluding hydrogens is 310 g/mol. The van der Waals surface area contributed by atoms with Crippen LogP contribution in [-0.2, 0) is 0 Å². The Morgan fingerprint density at radius 3 is 2.64 bits per heavy atom. The van der Waals surface area contributed by atoms with Crippen LogP contribution in [0.4, 0.5) is 5.69 Å². The van der Waals surface area contributed by atoms with E-state index < -0.39 is 5.97 Å². The van der Waals surface area contributed by atoms with Crippen LogP contribution in [0.25, 0.3) is 0 Å². The number of anilines is 1. The standard InChI is InChI=1S/C22H25NO2/c1-2-5-20-17-9-4-8-16(17)19-11-14(22(24)25)10-18-15-7-3-6-13(15)12-23(20)21(18)19/h3-4,7-8,10-11,13,15-17,20H,2,5-6,9,12H2,1H3,(H,24,25). The van der Waals surface area contributed by atoms with E-state index in [1.807, 2.05) is 12.1 Å². The number of hydrogen-bond acceptors (Lipinski definition) is 2. The average molecular weight is 335 g/mol. The largest absolute Gasteiger partial charge is 0.478 e. The minimum atomic E-state index is -0.802. The van der Waals surface area contributed by atoms with Gasteiger partial charge in [0.1, 0.15) is 0 Å². The normalized spacial score (nSPS) is 34.0. The van der Waals surface area contributed by atoms with Gasteiger partial charge in [-0.2, -0.15) is 0 Å². The molecule has 5 atom stereocenters. The second kappa shape index (κ2) is 5.48. The Labute approximate surface area is 149 Å². The van der Waals surface area contributed by atoms with Crippen molar-refractivity contribution in [3.63, 3.8) is 0 Å². The van der Waals surface area contributed by atoms with Crippen LogP contribution in [0.5, 0.6) is 0 Å². The monoisotopic (exact) mass is 335 g/mol. The lowest BCUT2D eigenvalue weighted by atomic mass is 9.71. The smallest absolute Gasteiger partial charge is 0.335 e. The lowest BCUT2D eigenvalue weighted by molar-refractivity contribution is 0.0696. The summed E-state index contributed by atoms with van der Waals surface area (Å²) in [7, 11) is 0. The molecule has 0 saturated carbocycles. The second-order valence-corrected chi connectivity index (χ2v) is 8.12. The van der Waals surface area contributed by atoms with E-state index in [4.69, 9.17) is 0 Å². The lowest BCUT2D eigenvalue weighted by Crippen LogP contribution is -2.51. The van der Waals surface area contributed by atoms with Crippen molar-refractivity contribution in [1.82, 2.24) is 0 Å². The van der Waals surface area contributed by atoms with E-state index in [0.29, 0.717) is 35.3 Å². The van der Waals surface area contributed by atoms with Gasteiger partial charge < -0.3 is 10.0 Å². The first-order valence-corrected chi connectivity index (χ1v) is 9.70. The van der Waals surface area contributed by atoms with Crippen molar-refractivity contribution in [3.05, 3.63) is 53.1 Å². The highest BCUT2D eigenvalue weighted by Crippen LogP contribution is 2.55. The Morgan fingerprint density at radius 1 is 1.16 bits per heavy atom. The number of allylic oxidation sites excluding steroid dienone is 4. The van der Waals surface area contributed by atoms with Crippen molar-refractivity contribution < 1.29 is 9.90 Å². The fraction of sp³-hybridized carbons (Fsp3) is 0.500. The molecule has 0 spiro atoms. The first kappa shape index (κ1) is 15.2. The molecule has 0 amide bonds. The molecule has 2 aliphatic heterocycles. The van der Waals surface area contributed by atoms with Gasteiger partial charge in [0.25, 0.3) is 0 Å². The maximum Gasteiger partial charge on any atom is 0.335 e. The fourth-order valence-corrected chi connectivity index (χ4v) is 5.84. The summed E-state index contributed by atoms with van der Waals surface area (Å²) in [4.78, 5) is 14.4. The number of benzene rings is 1. The second-order valence-electron chi connectivity index (χ2n) is 8.12. The molecule has 3 nitrogen and oxygen atoms in total. The summed E-state index contributed by atoms with van der Waals surface area (Å²) in [6.45, 7) is 3.41. The summed E-state index contributed by atoms with van der Waals surface area (Å²) in [5, 5.41) is 9.66. The summed E-state index contributed by atoms with van der Waals surface area (Å²) >= 11 is 0. The summed E-state index contributed by atoms with van der Waals surface area (Å²) in [6, 6.07) is 4.51. The van der Waals surface area contributed by atoms with Crippen molar-refractivity contribution in [2.45, 2.75) is 50.5 Å². The van der Waals surface area contributed by atoms with Crippen LogP contribution in [-0.4, -0.2) is 23.7 Å². The van der Waals surface area contributed by atoms with Crippen molar-refractivity contribution in [2.24, 2.45) is 11.8 Å². The van der Waals surface area contributed by atoms with Crippen LogP contribution in [0.2, 0.25) is 0 Å². The molecule has 1 aromatic rings. The van der Waals surface area contributed by atoms with Crippen molar-refractivity contribution >= 4 is 11.7 Å². The molecule has 1 aromatic carbocycles. The van der Waals surface area contributed by atoms with E-state index in [1.165, 1.54) is 29.7 Å². The zero-order chi connectivity index (χ0) is 17.1. The minimum absolute atomic E-state index is 0.391. The molecule has 0 fully saturated rings. The number of hydrogen-bond donors (Lipinski definition) is 1. The molecule has 5 rings (SSSR count). The van der Waals surface area contributed by atoms with E-state index in [-0.39, 0.29) is 0 Å². The highest BCUT2D eigenvalue weighted by molar-refractivity contribution is 5.90. The van der Waals surface area contributed by atoms with Crippen molar-refractivity contribution in [3.8, 4) is 0 Å². The molecule has 130 valence electrons. The third kappa shape index (κ3) is 2.08. The highest BCUT2D eigenvalue weighted by atomic mass is 16.4. The Bertz CT molecular complexity index is 776. The molecule has 0 saturated heterocycles. The first-order chi connectivity index (χ1) is 12.2. The third-order valence-corrected chi connectivity index (χ3v) is 6.83. The Hall–Kier alpha value is -2.03. The molecule has 0 aromatic heterocycles. The molecule has 0 bridgehead atoms. The number of aromatic carboxylic acids is 1. The Kier molecular flexibility index (Phi) is 3.34.